The van der Waals surface area contributed by atoms with E-state index in [0.29, 0.717) is 27.8 Å². The Bertz CT molecular complexity index is 1150. The van der Waals surface area contributed by atoms with Crippen LogP contribution < -0.4 is 5.32 Å². The fourth-order valence-corrected chi connectivity index (χ4v) is 3.43. The van der Waals surface area contributed by atoms with Crippen molar-refractivity contribution in [2.45, 2.75) is 18.9 Å². The fraction of sp³-hybridized carbons (Fsp3) is 0.167. The van der Waals surface area contributed by atoms with E-state index in [1.165, 1.54) is 23.9 Å². The second-order valence-corrected chi connectivity index (χ2v) is 7.01. The summed E-state index contributed by atoms with van der Waals surface area (Å²) in [7, 11) is 0. The minimum atomic E-state index is -0.328. The summed E-state index contributed by atoms with van der Waals surface area (Å²) in [4.78, 5) is 12.2. The number of fused-ring (bicyclic) bond motifs is 1. The molecule has 1 aromatic carbocycles. The van der Waals surface area contributed by atoms with Gasteiger partial charge in [-0.25, -0.2) is 9.07 Å². The Hall–Kier alpha value is -3.27. The lowest BCUT2D eigenvalue weighted by Crippen LogP contribution is -2.14. The summed E-state index contributed by atoms with van der Waals surface area (Å²) in [5, 5.41) is 20.5. The van der Waals surface area contributed by atoms with E-state index in [0.717, 1.165) is 11.1 Å². The zero-order valence-corrected chi connectivity index (χ0v) is 15.8. The Morgan fingerprint density at radius 1 is 1.25 bits per heavy atom. The molecule has 0 aliphatic carbocycles. The van der Waals surface area contributed by atoms with Crippen molar-refractivity contribution in [1.82, 2.24) is 25.1 Å². The van der Waals surface area contributed by atoms with Gasteiger partial charge in [-0.2, -0.15) is 10.2 Å². The number of nitrogens with zero attached hydrogens (tertiary/aromatic N) is 5. The predicted octanol–water partition coefficient (Wildman–Crippen LogP) is 3.29. The number of aryl methyl sites for hydroxylation is 2. The second kappa shape index (κ2) is 7.39. The first-order valence-corrected chi connectivity index (χ1v) is 9.33. The third-order valence-corrected chi connectivity index (χ3v) is 4.91. The maximum atomic E-state index is 13.3. The Morgan fingerprint density at radius 2 is 2.04 bits per heavy atom. The average Bonchev–Trinajstić information content (AvgIpc) is 3.29. The number of anilines is 1. The van der Waals surface area contributed by atoms with Gasteiger partial charge in [-0.15, -0.1) is 5.10 Å². The van der Waals surface area contributed by atoms with Crippen LogP contribution in [0.3, 0.4) is 0 Å². The van der Waals surface area contributed by atoms with Crippen LogP contribution in [0.4, 0.5) is 10.2 Å². The molecule has 0 unspecified atom stereocenters. The lowest BCUT2D eigenvalue weighted by molar-refractivity contribution is -0.113. The van der Waals surface area contributed by atoms with E-state index >= 15 is 0 Å². The molecule has 10 heteroatoms. The molecule has 0 atom stereocenters. The molecule has 28 heavy (non-hydrogen) atoms. The van der Waals surface area contributed by atoms with Crippen LogP contribution in [0.25, 0.3) is 16.6 Å². The molecule has 0 bridgehead atoms. The van der Waals surface area contributed by atoms with Crippen LogP contribution in [0.2, 0.25) is 0 Å². The molecule has 0 aliphatic rings. The number of carbonyl (C=O) groups excluding carboxylic acids is 1. The topological polar surface area (TPSA) is 98.7 Å². The normalized spacial score (nSPS) is 11.1. The zero-order valence-electron chi connectivity index (χ0n) is 15.0. The Balaban J connectivity index is 1.61. The lowest BCUT2D eigenvalue weighted by atomic mass is 10.2. The molecule has 0 aliphatic heterocycles. The number of amides is 1. The first kappa shape index (κ1) is 18.1. The van der Waals surface area contributed by atoms with Gasteiger partial charge in [0.25, 0.3) is 0 Å². The van der Waals surface area contributed by atoms with Crippen LogP contribution in [-0.4, -0.2) is 36.8 Å². The number of rotatable bonds is 5. The Kier molecular flexibility index (Phi) is 4.78. The van der Waals surface area contributed by atoms with E-state index in [2.05, 4.69) is 25.8 Å². The maximum Gasteiger partial charge on any atom is 0.236 e. The van der Waals surface area contributed by atoms with E-state index in [4.69, 9.17) is 4.52 Å². The van der Waals surface area contributed by atoms with E-state index in [9.17, 15) is 9.18 Å². The minimum absolute atomic E-state index is 0.105. The number of nitrogens with one attached hydrogen (secondary N) is 1. The summed E-state index contributed by atoms with van der Waals surface area (Å²) in [6.45, 7) is 3.58. The van der Waals surface area contributed by atoms with Crippen LogP contribution in [0.15, 0.2) is 46.1 Å². The molecule has 4 rings (SSSR count). The van der Waals surface area contributed by atoms with Crippen molar-refractivity contribution in [3.05, 3.63) is 53.8 Å². The molecule has 8 nitrogen and oxygen atoms in total. The van der Waals surface area contributed by atoms with Crippen molar-refractivity contribution >= 4 is 34.4 Å². The van der Waals surface area contributed by atoms with Crippen LogP contribution in [-0.2, 0) is 4.79 Å². The number of aromatic nitrogens is 5. The van der Waals surface area contributed by atoms with Gasteiger partial charge in [-0.1, -0.05) is 16.9 Å². The highest BCUT2D eigenvalue weighted by Gasteiger charge is 2.16. The van der Waals surface area contributed by atoms with Crippen molar-refractivity contribution in [3.63, 3.8) is 0 Å². The number of thioether (sulfide) groups is 1. The molecule has 0 radical (unpaired) electrons. The maximum absolute atomic E-state index is 13.3. The molecule has 4 aromatic rings. The van der Waals surface area contributed by atoms with Gasteiger partial charge in [-0.05, 0) is 38.1 Å². The van der Waals surface area contributed by atoms with Gasteiger partial charge < -0.3 is 9.84 Å². The van der Waals surface area contributed by atoms with Gasteiger partial charge in [0.2, 0.25) is 5.91 Å². The van der Waals surface area contributed by atoms with Crippen molar-refractivity contribution in [3.8, 4) is 5.69 Å². The smallest absolute Gasteiger partial charge is 0.236 e. The summed E-state index contributed by atoms with van der Waals surface area (Å²) in [5.41, 5.74) is 2.12. The molecular formula is C18H15FN6O2S. The first-order chi connectivity index (χ1) is 13.5. The molecule has 0 saturated carbocycles. The molecule has 1 N–H and O–H groups in total. The summed E-state index contributed by atoms with van der Waals surface area (Å²) >= 11 is 1.23. The van der Waals surface area contributed by atoms with E-state index in [-0.39, 0.29) is 17.5 Å². The number of halogens is 1. The summed E-state index contributed by atoms with van der Waals surface area (Å²) in [6, 6.07) is 7.63. The van der Waals surface area contributed by atoms with Crippen LogP contribution in [0.1, 0.15) is 11.5 Å². The summed E-state index contributed by atoms with van der Waals surface area (Å²) in [6.07, 6.45) is 1.69. The predicted molar refractivity (Wildman–Crippen MR) is 102 cm³/mol. The van der Waals surface area contributed by atoms with Crippen molar-refractivity contribution in [2.75, 3.05) is 11.1 Å². The molecule has 0 spiro atoms. The molecule has 3 heterocycles. The van der Waals surface area contributed by atoms with Crippen molar-refractivity contribution in [2.24, 2.45) is 0 Å². The van der Waals surface area contributed by atoms with Crippen molar-refractivity contribution < 1.29 is 13.7 Å². The van der Waals surface area contributed by atoms with Crippen LogP contribution in [0, 0.1) is 19.7 Å². The van der Waals surface area contributed by atoms with E-state index in [1.54, 1.807) is 36.0 Å². The quantitative estimate of drug-likeness (QED) is 0.515. The number of benzene rings is 1. The number of carbonyl (C=O) groups is 1. The number of hydrogen-bond donors (Lipinski definition) is 1. The SMILES string of the molecule is Cc1cc(NC(=O)CSc2nnc(C)c3cnn(-c4ccc(F)cc4)c23)no1. The van der Waals surface area contributed by atoms with Gasteiger partial charge in [0.05, 0.1) is 23.3 Å². The fourth-order valence-electron chi connectivity index (χ4n) is 2.65. The largest absolute Gasteiger partial charge is 0.360 e. The summed E-state index contributed by atoms with van der Waals surface area (Å²) < 4.78 is 19.9. The average molecular weight is 398 g/mol. The molecule has 0 fully saturated rings. The molecule has 3 aromatic heterocycles. The third kappa shape index (κ3) is 3.58. The van der Waals surface area contributed by atoms with Gasteiger partial charge in [-0.3, -0.25) is 4.79 Å². The Morgan fingerprint density at radius 3 is 2.75 bits per heavy atom. The lowest BCUT2D eigenvalue weighted by Gasteiger charge is -2.08. The molecular weight excluding hydrogens is 383 g/mol. The highest BCUT2D eigenvalue weighted by atomic mass is 32.2. The summed E-state index contributed by atoms with van der Waals surface area (Å²) in [5.74, 6) is 0.497. The minimum Gasteiger partial charge on any atom is -0.360 e. The molecule has 1 amide bonds. The highest BCUT2D eigenvalue weighted by Crippen LogP contribution is 2.29. The van der Waals surface area contributed by atoms with Gasteiger partial charge in [0, 0.05) is 11.5 Å². The van der Waals surface area contributed by atoms with Gasteiger partial charge in [0.15, 0.2) is 5.82 Å². The zero-order chi connectivity index (χ0) is 19.7. The van der Waals surface area contributed by atoms with Crippen molar-refractivity contribution in [1.29, 1.82) is 0 Å². The van der Waals surface area contributed by atoms with Crippen LogP contribution >= 0.6 is 11.8 Å². The van der Waals surface area contributed by atoms with Crippen LogP contribution in [0.5, 0.6) is 0 Å². The third-order valence-electron chi connectivity index (χ3n) is 3.96. The highest BCUT2D eigenvalue weighted by molar-refractivity contribution is 8.00. The first-order valence-electron chi connectivity index (χ1n) is 8.34. The monoisotopic (exact) mass is 398 g/mol. The van der Waals surface area contributed by atoms with E-state index < -0.39 is 0 Å². The Labute approximate surface area is 163 Å². The van der Waals surface area contributed by atoms with Gasteiger partial charge >= 0.3 is 0 Å². The molecule has 0 saturated heterocycles. The van der Waals surface area contributed by atoms with E-state index in [1.807, 2.05) is 6.92 Å². The standard InChI is InChI=1S/C18H15FN6O2S/c1-10-7-15(24-27-10)21-16(26)9-28-18-17-14(11(2)22-23-18)8-20-25(17)13-5-3-12(19)4-6-13/h3-8H,9H2,1-2H3,(H,21,24,26). The van der Waals surface area contributed by atoms with Gasteiger partial charge in [0.1, 0.15) is 22.1 Å². The molecule has 142 valence electrons. The second-order valence-electron chi connectivity index (χ2n) is 6.05. The number of hydrogen-bond acceptors (Lipinski definition) is 7.